The van der Waals surface area contributed by atoms with Crippen molar-refractivity contribution in [2.24, 2.45) is 0 Å². The van der Waals surface area contributed by atoms with Crippen LogP contribution in [0.25, 0.3) is 5.57 Å². The Labute approximate surface area is 77.3 Å². The molecule has 1 aromatic carbocycles. The molecule has 0 bridgehead atoms. The Morgan fingerprint density at radius 1 is 1.58 bits per heavy atom. The van der Waals surface area contributed by atoms with Crippen molar-refractivity contribution in [2.45, 2.75) is 6.92 Å². The van der Waals surface area contributed by atoms with Crippen molar-refractivity contribution in [3.05, 3.63) is 40.9 Å². The molecule has 2 heteroatoms. The minimum absolute atomic E-state index is 0.0284. The van der Waals surface area contributed by atoms with Gasteiger partial charge in [0, 0.05) is 5.02 Å². The second-order valence-corrected chi connectivity index (χ2v) is 3.13. The van der Waals surface area contributed by atoms with E-state index in [0.29, 0.717) is 10.6 Å². The molecule has 0 aliphatic rings. The van der Waals surface area contributed by atoms with Crippen molar-refractivity contribution in [2.75, 3.05) is 6.61 Å². The fourth-order valence-electron chi connectivity index (χ4n) is 0.904. The number of aryl methyl sites for hydroxylation is 1. The molecular formula is C10H11ClO. The summed E-state index contributed by atoms with van der Waals surface area (Å²) in [5.41, 5.74) is 2.62. The predicted octanol–water partition coefficient (Wildman–Crippen LogP) is 2.65. The molecule has 0 atom stereocenters. The van der Waals surface area contributed by atoms with Gasteiger partial charge in [0.2, 0.25) is 0 Å². The third-order valence-corrected chi connectivity index (χ3v) is 2.18. The second-order valence-electron chi connectivity index (χ2n) is 2.73. The molecule has 1 N–H and O–H groups in total. The van der Waals surface area contributed by atoms with Crippen LogP contribution in [0.15, 0.2) is 24.8 Å². The molecule has 0 saturated carbocycles. The molecule has 0 aromatic heterocycles. The van der Waals surface area contributed by atoms with Crippen molar-refractivity contribution in [3.63, 3.8) is 0 Å². The zero-order valence-corrected chi connectivity index (χ0v) is 7.73. The molecule has 0 aliphatic carbocycles. The Morgan fingerprint density at radius 3 is 2.75 bits per heavy atom. The molecule has 1 aromatic rings. The summed E-state index contributed by atoms with van der Waals surface area (Å²) in [6.07, 6.45) is 0. The van der Waals surface area contributed by atoms with Gasteiger partial charge in [-0.15, -0.1) is 0 Å². The van der Waals surface area contributed by atoms with Gasteiger partial charge in [-0.3, -0.25) is 0 Å². The number of halogens is 1. The normalized spacial score (nSPS) is 9.92. The maximum atomic E-state index is 8.81. The topological polar surface area (TPSA) is 20.2 Å². The Hall–Kier alpha value is -0.790. The molecular weight excluding hydrogens is 172 g/mol. The lowest BCUT2D eigenvalue weighted by molar-refractivity contribution is 0.350. The van der Waals surface area contributed by atoms with Crippen LogP contribution in [0.2, 0.25) is 5.02 Å². The van der Waals surface area contributed by atoms with Gasteiger partial charge in [0.1, 0.15) is 0 Å². The third-order valence-electron chi connectivity index (χ3n) is 1.77. The summed E-state index contributed by atoms with van der Waals surface area (Å²) >= 11 is 5.89. The number of hydrogen-bond acceptors (Lipinski definition) is 1. The fraction of sp³-hybridized carbons (Fsp3) is 0.200. The lowest BCUT2D eigenvalue weighted by atomic mass is 10.1. The van der Waals surface area contributed by atoms with Gasteiger partial charge in [0.05, 0.1) is 6.61 Å². The maximum Gasteiger partial charge on any atom is 0.0681 e. The van der Waals surface area contributed by atoms with Crippen LogP contribution in [0.4, 0.5) is 0 Å². The minimum atomic E-state index is -0.0284. The van der Waals surface area contributed by atoms with Gasteiger partial charge in [0.25, 0.3) is 0 Å². The highest BCUT2D eigenvalue weighted by atomic mass is 35.5. The molecule has 0 saturated heterocycles. The van der Waals surface area contributed by atoms with E-state index in [1.165, 1.54) is 0 Å². The van der Waals surface area contributed by atoms with E-state index in [1.54, 1.807) is 0 Å². The van der Waals surface area contributed by atoms with Gasteiger partial charge in [-0.25, -0.2) is 0 Å². The molecule has 0 heterocycles. The quantitative estimate of drug-likeness (QED) is 0.746. The molecule has 0 fully saturated rings. The molecule has 0 spiro atoms. The summed E-state index contributed by atoms with van der Waals surface area (Å²) in [5.74, 6) is 0. The Balaban J connectivity index is 3.05. The van der Waals surface area contributed by atoms with E-state index >= 15 is 0 Å². The van der Waals surface area contributed by atoms with E-state index in [0.717, 1.165) is 11.1 Å². The average molecular weight is 183 g/mol. The molecule has 12 heavy (non-hydrogen) atoms. The highest BCUT2D eigenvalue weighted by Crippen LogP contribution is 2.20. The summed E-state index contributed by atoms with van der Waals surface area (Å²) < 4.78 is 0. The SMILES string of the molecule is C=C(CO)c1ccc(C)c(Cl)c1. The first-order valence-electron chi connectivity index (χ1n) is 3.70. The predicted molar refractivity (Wildman–Crippen MR) is 52.3 cm³/mol. The van der Waals surface area contributed by atoms with Gasteiger partial charge in [-0.1, -0.05) is 30.3 Å². The number of aliphatic hydroxyl groups excluding tert-OH is 1. The van der Waals surface area contributed by atoms with Crippen molar-refractivity contribution in [1.82, 2.24) is 0 Å². The van der Waals surface area contributed by atoms with Crippen LogP contribution >= 0.6 is 11.6 Å². The van der Waals surface area contributed by atoms with Crippen LogP contribution in [-0.2, 0) is 0 Å². The van der Waals surface area contributed by atoms with Gasteiger partial charge in [0.15, 0.2) is 0 Å². The first-order valence-corrected chi connectivity index (χ1v) is 4.08. The molecule has 0 amide bonds. The molecule has 1 rings (SSSR count). The second kappa shape index (κ2) is 3.74. The zero-order valence-electron chi connectivity index (χ0n) is 6.97. The summed E-state index contributed by atoms with van der Waals surface area (Å²) in [6, 6.07) is 5.63. The van der Waals surface area contributed by atoms with Gasteiger partial charge in [-0.2, -0.15) is 0 Å². The van der Waals surface area contributed by atoms with E-state index in [4.69, 9.17) is 16.7 Å². The monoisotopic (exact) mass is 182 g/mol. The van der Waals surface area contributed by atoms with E-state index in [2.05, 4.69) is 6.58 Å². The van der Waals surface area contributed by atoms with Gasteiger partial charge >= 0.3 is 0 Å². The minimum Gasteiger partial charge on any atom is -0.392 e. The van der Waals surface area contributed by atoms with E-state index in [1.807, 2.05) is 25.1 Å². The average Bonchev–Trinajstić information content (AvgIpc) is 2.08. The zero-order chi connectivity index (χ0) is 9.14. The van der Waals surface area contributed by atoms with Crippen LogP contribution in [0.5, 0.6) is 0 Å². The maximum absolute atomic E-state index is 8.81. The first kappa shape index (κ1) is 9.30. The van der Waals surface area contributed by atoms with Crippen LogP contribution in [0, 0.1) is 6.92 Å². The number of hydrogen-bond donors (Lipinski definition) is 1. The Morgan fingerprint density at radius 2 is 2.25 bits per heavy atom. The number of aliphatic hydroxyl groups is 1. The van der Waals surface area contributed by atoms with Crippen LogP contribution in [0.1, 0.15) is 11.1 Å². The standard InChI is InChI=1S/C10H11ClO/c1-7-3-4-9(5-10(7)11)8(2)6-12/h3-5,12H,2,6H2,1H3. The number of benzene rings is 1. The lowest BCUT2D eigenvalue weighted by Crippen LogP contribution is -1.88. The Kier molecular flexibility index (Phi) is 2.90. The lowest BCUT2D eigenvalue weighted by Gasteiger charge is -2.03. The molecule has 0 unspecified atom stereocenters. The van der Waals surface area contributed by atoms with Crippen molar-refractivity contribution >= 4 is 17.2 Å². The van der Waals surface area contributed by atoms with Crippen molar-refractivity contribution < 1.29 is 5.11 Å². The smallest absolute Gasteiger partial charge is 0.0681 e. The molecule has 0 aliphatic heterocycles. The van der Waals surface area contributed by atoms with Crippen LogP contribution in [-0.4, -0.2) is 11.7 Å². The summed E-state index contributed by atoms with van der Waals surface area (Å²) in [7, 11) is 0. The van der Waals surface area contributed by atoms with E-state index < -0.39 is 0 Å². The highest BCUT2D eigenvalue weighted by Gasteiger charge is 1.99. The highest BCUT2D eigenvalue weighted by molar-refractivity contribution is 6.31. The Bertz CT molecular complexity index is 305. The largest absolute Gasteiger partial charge is 0.392 e. The summed E-state index contributed by atoms with van der Waals surface area (Å²) in [6.45, 7) is 5.62. The van der Waals surface area contributed by atoms with Gasteiger partial charge < -0.3 is 5.11 Å². The molecule has 1 nitrogen and oxygen atoms in total. The third kappa shape index (κ3) is 1.87. The first-order chi connectivity index (χ1) is 5.65. The number of rotatable bonds is 2. The summed E-state index contributed by atoms with van der Waals surface area (Å²) in [5, 5.41) is 9.52. The summed E-state index contributed by atoms with van der Waals surface area (Å²) in [4.78, 5) is 0. The van der Waals surface area contributed by atoms with E-state index in [9.17, 15) is 0 Å². The van der Waals surface area contributed by atoms with Crippen LogP contribution < -0.4 is 0 Å². The molecule has 64 valence electrons. The van der Waals surface area contributed by atoms with Crippen molar-refractivity contribution in [1.29, 1.82) is 0 Å². The fourth-order valence-corrected chi connectivity index (χ4v) is 1.08. The molecule has 0 radical (unpaired) electrons. The van der Waals surface area contributed by atoms with Gasteiger partial charge in [-0.05, 0) is 29.7 Å². The van der Waals surface area contributed by atoms with Crippen molar-refractivity contribution in [3.8, 4) is 0 Å². The van der Waals surface area contributed by atoms with Crippen LogP contribution in [0.3, 0.4) is 0 Å². The van der Waals surface area contributed by atoms with E-state index in [-0.39, 0.29) is 6.61 Å².